The third-order valence-electron chi connectivity index (χ3n) is 3.67. The summed E-state index contributed by atoms with van der Waals surface area (Å²) < 4.78 is 37.8. The van der Waals surface area contributed by atoms with Gasteiger partial charge in [-0.1, -0.05) is 62.4 Å². The quantitative estimate of drug-likeness (QED) is 0.543. The van der Waals surface area contributed by atoms with E-state index in [1.165, 1.54) is 18.2 Å². The molecule has 0 heterocycles. The van der Waals surface area contributed by atoms with E-state index in [0.29, 0.717) is 11.1 Å². The van der Waals surface area contributed by atoms with Crippen LogP contribution in [0.15, 0.2) is 66.7 Å². The predicted octanol–water partition coefficient (Wildman–Crippen LogP) is 5.42. The van der Waals surface area contributed by atoms with Crippen LogP contribution in [0.25, 0.3) is 0 Å². The summed E-state index contributed by atoms with van der Waals surface area (Å²) in [5, 5.41) is 0. The zero-order valence-corrected chi connectivity index (χ0v) is 12.9. The molecule has 1 nitrogen and oxygen atoms in total. The Morgan fingerprint density at radius 3 is 1.91 bits per heavy atom. The van der Waals surface area contributed by atoms with Gasteiger partial charge < -0.3 is 0 Å². The van der Waals surface area contributed by atoms with Crippen molar-refractivity contribution in [2.24, 2.45) is 0 Å². The number of rotatable bonds is 4. The Hall–Kier alpha value is -2.36. The van der Waals surface area contributed by atoms with Gasteiger partial charge in [-0.05, 0) is 23.8 Å². The molecule has 0 saturated heterocycles. The van der Waals surface area contributed by atoms with Crippen LogP contribution in [0.4, 0.5) is 13.2 Å². The topological polar surface area (TPSA) is 17.1 Å². The number of benzene rings is 2. The van der Waals surface area contributed by atoms with E-state index < -0.39 is 17.2 Å². The fourth-order valence-electron chi connectivity index (χ4n) is 2.17. The van der Waals surface area contributed by atoms with Gasteiger partial charge in [0.2, 0.25) is 0 Å². The SMILES string of the molecule is CC(C)(/C=C/C(=O)c1ccccc1)c1ccc(C(F)(F)F)cc1. The average Bonchev–Trinajstić information content (AvgIpc) is 2.53. The van der Waals surface area contributed by atoms with Gasteiger partial charge in [-0.3, -0.25) is 4.79 Å². The van der Waals surface area contributed by atoms with Gasteiger partial charge in [0.25, 0.3) is 0 Å². The van der Waals surface area contributed by atoms with Crippen molar-refractivity contribution in [2.45, 2.75) is 25.4 Å². The third-order valence-corrected chi connectivity index (χ3v) is 3.67. The van der Waals surface area contributed by atoms with Crippen LogP contribution in [0.1, 0.15) is 35.3 Å². The predicted molar refractivity (Wildman–Crippen MR) is 84.4 cm³/mol. The molecule has 0 aliphatic heterocycles. The third kappa shape index (κ3) is 4.31. The van der Waals surface area contributed by atoms with Crippen molar-refractivity contribution in [1.82, 2.24) is 0 Å². The number of hydrogen-bond acceptors (Lipinski definition) is 1. The van der Waals surface area contributed by atoms with Crippen molar-refractivity contribution in [3.05, 3.63) is 83.4 Å². The molecule has 2 aromatic carbocycles. The van der Waals surface area contributed by atoms with Crippen molar-refractivity contribution in [2.75, 3.05) is 0 Å². The highest BCUT2D eigenvalue weighted by molar-refractivity contribution is 6.04. The molecular weight excluding hydrogens is 301 g/mol. The second kappa shape index (κ2) is 6.41. The fraction of sp³-hybridized carbons (Fsp3) is 0.211. The molecule has 0 spiro atoms. The Balaban J connectivity index is 2.18. The summed E-state index contributed by atoms with van der Waals surface area (Å²) in [5.41, 5.74) is 0.0603. The van der Waals surface area contributed by atoms with E-state index in [1.807, 2.05) is 19.9 Å². The van der Waals surface area contributed by atoms with E-state index in [-0.39, 0.29) is 5.78 Å². The first-order valence-electron chi connectivity index (χ1n) is 7.16. The van der Waals surface area contributed by atoms with E-state index in [9.17, 15) is 18.0 Å². The van der Waals surface area contributed by atoms with Gasteiger partial charge in [-0.2, -0.15) is 13.2 Å². The minimum atomic E-state index is -4.35. The lowest BCUT2D eigenvalue weighted by Crippen LogP contribution is -2.15. The van der Waals surface area contributed by atoms with Crippen LogP contribution in [-0.2, 0) is 11.6 Å². The molecule has 0 amide bonds. The summed E-state index contributed by atoms with van der Waals surface area (Å²) in [6, 6.07) is 13.8. The summed E-state index contributed by atoms with van der Waals surface area (Å²) in [5.74, 6) is -0.134. The summed E-state index contributed by atoms with van der Waals surface area (Å²) in [6.45, 7) is 3.70. The first kappa shape index (κ1) is 17.0. The molecule has 0 atom stereocenters. The van der Waals surface area contributed by atoms with Crippen molar-refractivity contribution in [3.63, 3.8) is 0 Å². The summed E-state index contributed by atoms with van der Waals surface area (Å²) in [7, 11) is 0. The lowest BCUT2D eigenvalue weighted by Gasteiger charge is -2.21. The van der Waals surface area contributed by atoms with Crippen molar-refractivity contribution in [1.29, 1.82) is 0 Å². The smallest absolute Gasteiger partial charge is 0.289 e. The standard InChI is InChI=1S/C19H17F3O/c1-18(2,13-12-17(23)14-6-4-3-5-7-14)15-8-10-16(11-9-15)19(20,21)22/h3-13H,1-2H3/b13-12+. The van der Waals surface area contributed by atoms with Crippen LogP contribution >= 0.6 is 0 Å². The number of carbonyl (C=O) groups is 1. The number of alkyl halides is 3. The zero-order valence-electron chi connectivity index (χ0n) is 12.9. The monoisotopic (exact) mass is 318 g/mol. The van der Waals surface area contributed by atoms with Gasteiger partial charge in [0.15, 0.2) is 5.78 Å². The molecule has 0 aliphatic carbocycles. The number of hydrogen-bond donors (Lipinski definition) is 0. The van der Waals surface area contributed by atoms with Crippen LogP contribution in [0.2, 0.25) is 0 Å². The number of carbonyl (C=O) groups excluding carboxylic acids is 1. The second-order valence-electron chi connectivity index (χ2n) is 5.86. The van der Waals surface area contributed by atoms with Gasteiger partial charge in [-0.15, -0.1) is 0 Å². The maximum absolute atomic E-state index is 12.6. The Kier molecular flexibility index (Phi) is 4.73. The average molecular weight is 318 g/mol. The first-order chi connectivity index (χ1) is 10.7. The van der Waals surface area contributed by atoms with E-state index in [1.54, 1.807) is 30.3 Å². The van der Waals surface area contributed by atoms with Crippen molar-refractivity contribution < 1.29 is 18.0 Å². The van der Waals surface area contributed by atoms with Gasteiger partial charge >= 0.3 is 6.18 Å². The Labute approximate surface area is 133 Å². The summed E-state index contributed by atoms with van der Waals surface area (Å²) in [6.07, 6.45) is -1.17. The molecule has 0 radical (unpaired) electrons. The zero-order chi connectivity index (χ0) is 17.1. The molecule has 2 aromatic rings. The van der Waals surface area contributed by atoms with Gasteiger partial charge in [0.1, 0.15) is 0 Å². The molecule has 0 saturated carbocycles. The Morgan fingerprint density at radius 1 is 0.870 bits per heavy atom. The van der Waals surface area contributed by atoms with Crippen LogP contribution in [0.5, 0.6) is 0 Å². The summed E-state index contributed by atoms with van der Waals surface area (Å²) >= 11 is 0. The molecule has 0 aromatic heterocycles. The molecule has 120 valence electrons. The first-order valence-corrected chi connectivity index (χ1v) is 7.16. The number of halogens is 3. The highest BCUT2D eigenvalue weighted by Crippen LogP contribution is 2.32. The van der Waals surface area contributed by atoms with Gasteiger partial charge in [0.05, 0.1) is 5.56 Å². The lowest BCUT2D eigenvalue weighted by atomic mass is 9.83. The molecular formula is C19H17F3O. The molecule has 4 heteroatoms. The van der Waals surface area contributed by atoms with Gasteiger partial charge in [-0.25, -0.2) is 0 Å². The Morgan fingerprint density at radius 2 is 1.39 bits per heavy atom. The molecule has 2 rings (SSSR count). The second-order valence-corrected chi connectivity index (χ2v) is 5.86. The van der Waals surface area contributed by atoms with Crippen LogP contribution < -0.4 is 0 Å². The van der Waals surface area contributed by atoms with E-state index in [2.05, 4.69) is 0 Å². The minimum Gasteiger partial charge on any atom is -0.289 e. The van der Waals surface area contributed by atoms with Gasteiger partial charge in [0, 0.05) is 11.0 Å². The van der Waals surface area contributed by atoms with Crippen LogP contribution in [0.3, 0.4) is 0 Å². The number of ketones is 1. The molecule has 23 heavy (non-hydrogen) atoms. The van der Waals surface area contributed by atoms with E-state index >= 15 is 0 Å². The lowest BCUT2D eigenvalue weighted by molar-refractivity contribution is -0.137. The molecule has 0 N–H and O–H groups in total. The maximum atomic E-state index is 12.6. The Bertz CT molecular complexity index is 696. The molecule has 0 unspecified atom stereocenters. The van der Waals surface area contributed by atoms with Crippen molar-refractivity contribution >= 4 is 5.78 Å². The molecule has 0 fully saturated rings. The largest absolute Gasteiger partial charge is 0.416 e. The maximum Gasteiger partial charge on any atom is 0.416 e. The van der Waals surface area contributed by atoms with Crippen LogP contribution in [-0.4, -0.2) is 5.78 Å². The highest BCUT2D eigenvalue weighted by atomic mass is 19.4. The summed E-state index contributed by atoms with van der Waals surface area (Å²) in [4.78, 5) is 12.1. The molecule has 0 bridgehead atoms. The molecule has 0 aliphatic rings. The van der Waals surface area contributed by atoms with Crippen molar-refractivity contribution in [3.8, 4) is 0 Å². The highest BCUT2D eigenvalue weighted by Gasteiger charge is 2.30. The fourth-order valence-corrected chi connectivity index (χ4v) is 2.17. The minimum absolute atomic E-state index is 0.134. The van der Waals surface area contributed by atoms with E-state index in [4.69, 9.17) is 0 Å². The van der Waals surface area contributed by atoms with E-state index in [0.717, 1.165) is 12.1 Å². The van der Waals surface area contributed by atoms with Crippen LogP contribution in [0, 0.1) is 0 Å². The number of allylic oxidation sites excluding steroid dienone is 2. The normalized spacial score (nSPS) is 12.6.